The van der Waals surface area contributed by atoms with Crippen molar-refractivity contribution in [1.29, 1.82) is 0 Å². The van der Waals surface area contributed by atoms with Gasteiger partial charge in [0.05, 0.1) is 0 Å². The fraction of sp³-hybridized carbons (Fsp3) is 0.800. The molecule has 0 saturated heterocycles. The Morgan fingerprint density at radius 3 is 1.42 bits per heavy atom. The van der Waals surface area contributed by atoms with Crippen LogP contribution in [0.3, 0.4) is 0 Å². The molecule has 0 aliphatic carbocycles. The molecule has 0 rings (SSSR count). The third-order valence-corrected chi connectivity index (χ3v) is 2.17. The minimum atomic E-state index is 0. The van der Waals surface area contributed by atoms with E-state index in [4.69, 9.17) is 9.47 Å². The maximum Gasteiger partial charge on any atom is 2.00 e. The fourth-order valence-electron chi connectivity index (χ4n) is 0.814. The van der Waals surface area contributed by atoms with Gasteiger partial charge in [-0.1, -0.05) is 8.64 Å². The summed E-state index contributed by atoms with van der Waals surface area (Å²) in [4.78, 5) is 0. The Labute approximate surface area is 150 Å². The summed E-state index contributed by atoms with van der Waals surface area (Å²) in [6.45, 7) is 3.14. The maximum atomic E-state index is 4.81. The molecule has 0 aromatic rings. The first-order chi connectivity index (χ1) is 8.54. The molecule has 0 spiro atoms. The Morgan fingerprint density at radius 1 is 0.895 bits per heavy atom. The molecule has 0 aromatic carbocycles. The Hall–Kier alpha value is 0.763. The monoisotopic (exact) mass is 392 g/mol. The summed E-state index contributed by atoms with van der Waals surface area (Å²) in [7, 11) is 3.35. The van der Waals surface area contributed by atoms with Crippen LogP contribution < -0.4 is 10.6 Å². The van der Waals surface area contributed by atoms with E-state index in [1.54, 1.807) is 14.2 Å². The van der Waals surface area contributed by atoms with Gasteiger partial charge < -0.3 is 69.8 Å². The van der Waals surface area contributed by atoms with Gasteiger partial charge in [0.2, 0.25) is 0 Å². The predicted molar refractivity (Wildman–Crippen MR) is 88.9 cm³/mol. The summed E-state index contributed by atoms with van der Waals surface area (Å²) in [5.74, 6) is 0. The molecule has 9 heteroatoms. The predicted octanol–water partition coefficient (Wildman–Crippen LogP) is 0.886. The Balaban J connectivity index is -0.000000256. The van der Waals surface area contributed by atoms with Crippen LogP contribution in [0.1, 0.15) is 12.8 Å². The summed E-state index contributed by atoms with van der Waals surface area (Å²) in [6.07, 6.45) is 1.90. The largest absolute Gasteiger partial charge is 2.00 e. The Kier molecular flexibility index (Phi) is 27.5. The van der Waals surface area contributed by atoms with Crippen LogP contribution in [0.15, 0.2) is 0 Å². The topological polar surface area (TPSA) is 42.5 Å². The van der Waals surface area contributed by atoms with E-state index >= 15 is 0 Å². The van der Waals surface area contributed by atoms with Crippen molar-refractivity contribution < 1.29 is 29.0 Å². The number of rotatable bonds is 8. The summed E-state index contributed by atoms with van der Waals surface area (Å²) in [5, 5.41) is 5.69. The minimum Gasteiger partial charge on any atom is -0.412 e. The molecular weight excluding hydrogens is 374 g/mol. The van der Waals surface area contributed by atoms with E-state index in [0.717, 1.165) is 39.1 Å². The van der Waals surface area contributed by atoms with E-state index in [9.17, 15) is 0 Å². The third-order valence-electron chi connectivity index (χ3n) is 1.59. The van der Waals surface area contributed by atoms with Gasteiger partial charge in [-0.15, -0.1) is 0 Å². The van der Waals surface area contributed by atoms with Gasteiger partial charge in [-0.3, -0.25) is 0 Å². The molecule has 108 valence electrons. The second kappa shape index (κ2) is 21.1. The molecule has 0 bridgehead atoms. The van der Waals surface area contributed by atoms with Crippen LogP contribution in [0.4, 0.5) is 0 Å². The van der Waals surface area contributed by atoms with Gasteiger partial charge in [0, 0.05) is 40.5 Å². The summed E-state index contributed by atoms with van der Waals surface area (Å²) in [5.41, 5.74) is 0. The molecule has 0 amide bonds. The van der Waals surface area contributed by atoms with Gasteiger partial charge in [0.25, 0.3) is 0 Å². The van der Waals surface area contributed by atoms with E-state index in [0.29, 0.717) is 8.64 Å². The molecule has 0 aromatic heterocycles. The molecule has 0 aliphatic heterocycles. The van der Waals surface area contributed by atoms with Crippen LogP contribution in [0.25, 0.3) is 0 Å². The summed E-state index contributed by atoms with van der Waals surface area (Å²) < 4.78 is 10.5. The second-order valence-corrected chi connectivity index (χ2v) is 5.27. The van der Waals surface area contributed by atoms with E-state index in [-0.39, 0.29) is 19.5 Å². The number of ether oxygens (including phenoxy) is 2. The number of nitrogens with one attached hydrogen (secondary N) is 2. The second-order valence-electron chi connectivity index (χ2n) is 3.12. The summed E-state index contributed by atoms with van der Waals surface area (Å²) >= 11 is 18.4. The van der Waals surface area contributed by atoms with Crippen LogP contribution in [0, 0.1) is 0 Å². The maximum absolute atomic E-state index is 4.81. The molecular formula is C10H20N2O2S4Zn. The first-order valence-electron chi connectivity index (χ1n) is 5.42. The fourth-order valence-corrected chi connectivity index (χ4v) is 1.22. The molecule has 0 radical (unpaired) electrons. The standard InChI is InChI=1S/2C5H11NOS2.Zn/c2*1-7-4-2-3-6-5(8)9;/h2*2-4H2,1H3,(H2,6,8,9);/q;;+2/p-2. The molecule has 0 atom stereocenters. The van der Waals surface area contributed by atoms with Gasteiger partial charge >= 0.3 is 19.5 Å². The normalized spacial score (nSPS) is 8.53. The molecule has 0 heterocycles. The summed E-state index contributed by atoms with van der Waals surface area (Å²) in [6, 6.07) is 0. The molecule has 4 nitrogen and oxygen atoms in total. The van der Waals surface area contributed by atoms with Crippen molar-refractivity contribution in [2.75, 3.05) is 40.5 Å². The molecule has 0 fully saturated rings. The number of methoxy groups -OCH3 is 2. The van der Waals surface area contributed by atoms with Crippen molar-refractivity contribution >= 4 is 58.3 Å². The third kappa shape index (κ3) is 32.4. The zero-order valence-corrected chi connectivity index (χ0v) is 17.6. The van der Waals surface area contributed by atoms with Gasteiger partial charge in [-0.25, -0.2) is 0 Å². The van der Waals surface area contributed by atoms with Gasteiger partial charge in [0.15, 0.2) is 0 Å². The van der Waals surface area contributed by atoms with Crippen molar-refractivity contribution in [3.05, 3.63) is 0 Å². The molecule has 0 unspecified atom stereocenters. The van der Waals surface area contributed by atoms with Crippen LogP contribution >= 0.6 is 24.4 Å². The first kappa shape index (κ1) is 24.8. The zero-order chi connectivity index (χ0) is 14.2. The molecule has 2 N–H and O–H groups in total. The number of hydrogen-bond donors (Lipinski definition) is 2. The van der Waals surface area contributed by atoms with Crippen molar-refractivity contribution in [2.24, 2.45) is 0 Å². The van der Waals surface area contributed by atoms with Crippen molar-refractivity contribution in [1.82, 2.24) is 10.6 Å². The van der Waals surface area contributed by atoms with Crippen LogP contribution in [-0.2, 0) is 54.2 Å². The molecule has 19 heavy (non-hydrogen) atoms. The zero-order valence-electron chi connectivity index (χ0n) is 11.4. The van der Waals surface area contributed by atoms with E-state index < -0.39 is 0 Å². The quantitative estimate of drug-likeness (QED) is 0.273. The van der Waals surface area contributed by atoms with Gasteiger partial charge in [-0.2, -0.15) is 0 Å². The van der Waals surface area contributed by atoms with Crippen molar-refractivity contribution in [3.8, 4) is 0 Å². The molecule has 0 aliphatic rings. The average Bonchev–Trinajstić information content (AvgIpc) is 2.31. The average molecular weight is 394 g/mol. The smallest absolute Gasteiger partial charge is 0.412 e. The molecule has 0 saturated carbocycles. The SMILES string of the molecule is COCCCNC(=S)[S-].COCCCNC(=S)[S-].[Zn+2]. The van der Waals surface area contributed by atoms with Crippen LogP contribution in [0.2, 0.25) is 0 Å². The van der Waals surface area contributed by atoms with Crippen molar-refractivity contribution in [3.63, 3.8) is 0 Å². The van der Waals surface area contributed by atoms with Gasteiger partial charge in [0.1, 0.15) is 0 Å². The number of thiocarbonyl (C=S) groups is 2. The van der Waals surface area contributed by atoms with Crippen LogP contribution in [-0.4, -0.2) is 49.2 Å². The Morgan fingerprint density at radius 2 is 1.21 bits per heavy atom. The van der Waals surface area contributed by atoms with E-state index in [2.05, 4.69) is 60.3 Å². The Bertz CT molecular complexity index is 202. The first-order valence-corrected chi connectivity index (χ1v) is 7.05. The van der Waals surface area contributed by atoms with E-state index in [1.165, 1.54) is 0 Å². The minimum absolute atomic E-state index is 0. The van der Waals surface area contributed by atoms with Crippen molar-refractivity contribution in [2.45, 2.75) is 12.8 Å². The van der Waals surface area contributed by atoms with Crippen LogP contribution in [0.5, 0.6) is 0 Å². The van der Waals surface area contributed by atoms with E-state index in [1.807, 2.05) is 0 Å². The van der Waals surface area contributed by atoms with Gasteiger partial charge in [-0.05, 0) is 12.8 Å². The number of hydrogen-bond acceptors (Lipinski definition) is 6.